The van der Waals surface area contributed by atoms with Gasteiger partial charge in [-0.05, 0) is 241 Å². The first kappa shape index (κ1) is 116. The van der Waals surface area contributed by atoms with Gasteiger partial charge >= 0.3 is 39.0 Å². The van der Waals surface area contributed by atoms with Gasteiger partial charge in [0.2, 0.25) is 0 Å². The molecule has 4 aliphatic rings. The van der Waals surface area contributed by atoms with Crippen molar-refractivity contribution < 1.29 is 39.0 Å². The second kappa shape index (κ2) is 65.9. The second-order valence-electron chi connectivity index (χ2n) is 42.7. The molecule has 0 spiro atoms. The maximum absolute atomic E-state index is 6.03. The molecular formula is C132H186N8Zn2. The predicted molar refractivity (Wildman–Crippen MR) is 612 cm³/mol. The number of unbranched alkanes of at least 4 members (excludes halogenated alkanes) is 36. The normalized spacial score (nSPS) is 12.3. The summed E-state index contributed by atoms with van der Waals surface area (Å²) in [5.41, 5.74) is 31.1. The van der Waals surface area contributed by atoms with Crippen LogP contribution < -0.4 is 19.9 Å². The van der Waals surface area contributed by atoms with Gasteiger partial charge in [-0.25, -0.2) is 19.9 Å². The third kappa shape index (κ3) is 34.5. The molecule has 0 amide bonds. The Hall–Kier alpha value is -7.55. The fraction of sp³-hybridized carbons (Fsp3) is 0.591. The summed E-state index contributed by atoms with van der Waals surface area (Å²) in [5, 5.41) is 0. The van der Waals surface area contributed by atoms with Crippen LogP contribution in [0.4, 0.5) is 0 Å². The number of nitrogens with zero attached hydrogens (tertiary/aromatic N) is 8. The van der Waals surface area contributed by atoms with E-state index in [4.69, 9.17) is 39.9 Å². The summed E-state index contributed by atoms with van der Waals surface area (Å²) < 4.78 is 0. The zero-order valence-electron chi connectivity index (χ0n) is 91.7. The maximum atomic E-state index is 6.03. The average Bonchev–Trinajstić information content (AvgIpc) is 1.62. The Kier molecular flexibility index (Phi) is 54.0. The van der Waals surface area contributed by atoms with Crippen LogP contribution in [0.5, 0.6) is 0 Å². The average molecular weight is 2020 g/mol. The van der Waals surface area contributed by atoms with Crippen molar-refractivity contribution in [2.45, 2.75) is 504 Å². The van der Waals surface area contributed by atoms with Gasteiger partial charge in [0.25, 0.3) is 0 Å². The van der Waals surface area contributed by atoms with Gasteiger partial charge in [-0.15, -0.1) is 44.1 Å². The Balaban J connectivity index is 0.0000104. The minimum absolute atomic E-state index is 0. The second-order valence-corrected chi connectivity index (χ2v) is 42.7. The third-order valence-corrected chi connectivity index (χ3v) is 31.5. The van der Waals surface area contributed by atoms with Crippen LogP contribution in [0.3, 0.4) is 0 Å². The molecule has 0 radical (unpaired) electrons. The van der Waals surface area contributed by atoms with Gasteiger partial charge in [0.05, 0.1) is 45.6 Å². The summed E-state index contributed by atoms with van der Waals surface area (Å²) in [6, 6.07) is 37.1. The van der Waals surface area contributed by atoms with Crippen molar-refractivity contribution in [2.24, 2.45) is 0 Å². The smallest absolute Gasteiger partial charge is 0.657 e. The summed E-state index contributed by atoms with van der Waals surface area (Å²) in [4.78, 5) is 48.1. The van der Waals surface area contributed by atoms with E-state index in [0.29, 0.717) is 35.5 Å². The number of benzene rings is 2. The SMILES string of the molecule is CCCCCCC(CCCCCC)c1c2nc(c(C(CCCCCC)CCCCCC)c3ccc([n-]3)c(C(CCCCCC)CCCCCC)c3nc(c(-c4ccc(C#Cc5ccc(-c6c7nc(c(C(CCCCCC)CCCCCC)c8ccc([n-]8)c(C(CCCCCC)CCCCCC)c8nc(c(C(CCCCCC)CCCCCC)c9ccc6[n-]9)C=C8)C=C7)cc5)cc4)c4ccc1[n-]4)C=C3)C=C2.[Zn+2].[Zn+2]. The fourth-order valence-electron chi connectivity index (χ4n) is 23.4. The predicted octanol–water partition coefficient (Wildman–Crippen LogP) is 41.0. The molecule has 2 aromatic carbocycles. The zero-order valence-corrected chi connectivity index (χ0v) is 97.7. The van der Waals surface area contributed by atoms with E-state index in [1.165, 1.54) is 342 Å². The summed E-state index contributed by atoms with van der Waals surface area (Å²) in [7, 11) is 0. The van der Waals surface area contributed by atoms with Crippen LogP contribution in [0, 0.1) is 11.8 Å². The molecule has 0 aliphatic carbocycles. The molecule has 16 bridgehead atoms. The fourth-order valence-corrected chi connectivity index (χ4v) is 23.4. The third-order valence-electron chi connectivity index (χ3n) is 31.5. The molecule has 4 aliphatic heterocycles. The number of fused-ring (bicyclic) bond motifs is 16. The quantitative estimate of drug-likeness (QED) is 0.0211. The molecule has 0 N–H and O–H groups in total. The van der Waals surface area contributed by atoms with E-state index in [9.17, 15) is 0 Å². The summed E-state index contributed by atoms with van der Waals surface area (Å²) in [6.45, 7) is 28.2. The van der Waals surface area contributed by atoms with Crippen molar-refractivity contribution in [3.63, 3.8) is 0 Å². The van der Waals surface area contributed by atoms with Crippen LogP contribution in [0.25, 0.3) is 115 Å². The van der Waals surface area contributed by atoms with E-state index in [1.54, 1.807) is 0 Å². The van der Waals surface area contributed by atoms with Crippen molar-refractivity contribution in [3.8, 4) is 34.1 Å². The molecule has 0 atom stereocenters. The Labute approximate surface area is 889 Å². The van der Waals surface area contributed by atoms with E-state index in [-0.39, 0.29) is 39.0 Å². The molecule has 12 rings (SSSR count). The van der Waals surface area contributed by atoms with Crippen molar-refractivity contribution in [3.05, 3.63) is 187 Å². The van der Waals surface area contributed by atoms with E-state index >= 15 is 0 Å². The molecule has 0 unspecified atom stereocenters. The molecule has 6 aromatic heterocycles. The molecule has 0 saturated carbocycles. The Morgan fingerprint density at radius 1 is 0.176 bits per heavy atom. The van der Waals surface area contributed by atoms with Gasteiger partial charge in [0.1, 0.15) is 0 Å². The first-order valence-corrected chi connectivity index (χ1v) is 58.9. The molecule has 8 nitrogen and oxygen atoms in total. The van der Waals surface area contributed by atoms with E-state index in [0.717, 1.165) is 200 Å². The molecule has 8 aromatic rings. The van der Waals surface area contributed by atoms with Crippen LogP contribution >= 0.6 is 0 Å². The van der Waals surface area contributed by atoms with Crippen molar-refractivity contribution in [1.29, 1.82) is 0 Å². The molecular weight excluding hydrogens is 1830 g/mol. The van der Waals surface area contributed by atoms with Crippen LogP contribution in [-0.2, 0) is 39.0 Å². The first-order valence-electron chi connectivity index (χ1n) is 58.9. The molecule has 758 valence electrons. The number of aromatic nitrogens is 8. The Morgan fingerprint density at radius 2 is 0.324 bits per heavy atom. The van der Waals surface area contributed by atoms with Gasteiger partial charge < -0.3 is 19.9 Å². The molecule has 0 fully saturated rings. The van der Waals surface area contributed by atoms with Crippen LogP contribution in [-0.4, -0.2) is 19.9 Å². The van der Waals surface area contributed by atoms with Crippen LogP contribution in [0.1, 0.15) is 594 Å². The van der Waals surface area contributed by atoms with E-state index < -0.39 is 0 Å². The van der Waals surface area contributed by atoms with Crippen molar-refractivity contribution >= 4 is 92.7 Å². The monoisotopic (exact) mass is 2010 g/mol. The number of rotatable bonds is 68. The topological polar surface area (TPSA) is 108 Å². The van der Waals surface area contributed by atoms with Crippen molar-refractivity contribution in [1.82, 2.24) is 39.9 Å². The first-order chi connectivity index (χ1) is 69.0. The Morgan fingerprint density at radius 3 is 0.493 bits per heavy atom. The van der Waals surface area contributed by atoms with Crippen molar-refractivity contribution in [2.75, 3.05) is 0 Å². The summed E-state index contributed by atoms with van der Waals surface area (Å²) >= 11 is 0. The van der Waals surface area contributed by atoms with Crippen LogP contribution in [0.2, 0.25) is 0 Å². The number of hydrogen-bond donors (Lipinski definition) is 0. The largest absolute Gasteiger partial charge is 2.00 e. The minimum atomic E-state index is 0. The molecule has 0 saturated heterocycles. The minimum Gasteiger partial charge on any atom is -0.657 e. The summed E-state index contributed by atoms with van der Waals surface area (Å²) in [5.74, 6) is 9.36. The zero-order chi connectivity index (χ0) is 98.1. The van der Waals surface area contributed by atoms with Gasteiger partial charge in [0.15, 0.2) is 0 Å². The molecule has 10 heterocycles. The van der Waals surface area contributed by atoms with Crippen LogP contribution in [0.15, 0.2) is 97.1 Å². The van der Waals surface area contributed by atoms with E-state index in [2.05, 4.69) is 241 Å². The van der Waals surface area contributed by atoms with Gasteiger partial charge in [0, 0.05) is 11.1 Å². The van der Waals surface area contributed by atoms with Gasteiger partial charge in [-0.1, -0.05) is 476 Å². The summed E-state index contributed by atoms with van der Waals surface area (Å²) in [6.07, 6.45) is 91.9. The Bertz CT molecular complexity index is 5090. The maximum Gasteiger partial charge on any atom is 2.00 e. The number of hydrogen-bond acceptors (Lipinski definition) is 4. The van der Waals surface area contributed by atoms with Gasteiger partial charge in [-0.2, -0.15) is 0 Å². The van der Waals surface area contributed by atoms with Gasteiger partial charge in [-0.3, -0.25) is 0 Å². The van der Waals surface area contributed by atoms with E-state index in [1.807, 2.05) is 0 Å². The standard InChI is InChI=1S/C132H186N8.2Zn/c1-13-25-37-49-61-101(62-50-38-26-14-2)125-109-83-87-113(133-109)127(103(65-53-41-29-17-5)66-54-42-30-18-6)117-91-95-121(137-117)131(122-96-92-118(138-122)128(114-88-84-110(125)134-114)104(67-55-43-31-19-7)68-56-44-32-20-8)107-79-75-99(76-80-107)73-74-100-77-81-108(82-78-100)132-123-97-93-119(139-123)129(105(69-57-45-33-21-9)70-58-46-34-22-10)115-89-85-111(135-115)126(102(63-51-39-27-15-3)64-52-40-28-16-4)112-86-90-116(136-112)130(120-94-98-124(132)140-120)106(71-59-47-35-23-11)72-60-48-36-24-12;;/h75-98,101-106H,13-72H2,1-12H3;;/q-4;2*+2. The molecule has 10 heteroatoms. The molecule has 142 heavy (non-hydrogen) atoms.